The number of hydrogen-bond acceptors (Lipinski definition) is 5. The Morgan fingerprint density at radius 3 is 2.85 bits per heavy atom. The summed E-state index contributed by atoms with van der Waals surface area (Å²) in [6, 6.07) is 3.18. The van der Waals surface area contributed by atoms with Gasteiger partial charge in [-0.05, 0) is 41.3 Å². The maximum Gasteiger partial charge on any atom is 0.251 e. The Bertz CT molecular complexity index is 665. The van der Waals surface area contributed by atoms with Gasteiger partial charge >= 0.3 is 0 Å². The molecule has 1 saturated carbocycles. The van der Waals surface area contributed by atoms with E-state index in [0.717, 1.165) is 23.7 Å². The van der Waals surface area contributed by atoms with Crippen LogP contribution in [-0.2, 0) is 12.1 Å². The average molecular weight is 362 g/mol. The zero-order valence-corrected chi connectivity index (χ0v) is 13.0. The van der Waals surface area contributed by atoms with E-state index in [1.807, 2.05) is 0 Å². The molecule has 2 aromatic rings. The van der Waals surface area contributed by atoms with E-state index < -0.39 is 5.54 Å². The molecule has 8 heteroatoms. The Balaban J connectivity index is 0.00000147. The largest absolute Gasteiger partial charge is 0.337 e. The van der Waals surface area contributed by atoms with E-state index in [4.69, 9.17) is 10.3 Å². The Morgan fingerprint density at radius 2 is 2.20 bits per heavy atom. The molecule has 2 N–H and O–H groups in total. The molecule has 2 heterocycles. The number of rotatable bonds is 3. The van der Waals surface area contributed by atoms with Gasteiger partial charge in [0, 0.05) is 16.7 Å². The van der Waals surface area contributed by atoms with Crippen molar-refractivity contribution in [2.24, 2.45) is 5.73 Å². The van der Waals surface area contributed by atoms with Crippen LogP contribution in [0.2, 0.25) is 0 Å². The Morgan fingerprint density at radius 1 is 1.45 bits per heavy atom. The fourth-order valence-electron chi connectivity index (χ4n) is 2.07. The van der Waals surface area contributed by atoms with Gasteiger partial charge in [0.2, 0.25) is 5.89 Å². The molecular weight excluding hydrogens is 348 g/mol. The first-order chi connectivity index (χ1) is 9.07. The minimum Gasteiger partial charge on any atom is -0.337 e. The molecule has 0 spiro atoms. The third-order valence-corrected chi connectivity index (χ3v) is 3.88. The minimum absolute atomic E-state index is 0. The van der Waals surface area contributed by atoms with Crippen molar-refractivity contribution in [3.63, 3.8) is 0 Å². The fraction of sp³-hybridized carbons (Fsp3) is 0.417. The summed E-state index contributed by atoms with van der Waals surface area (Å²) in [6.07, 6.45) is 4.53. The highest BCUT2D eigenvalue weighted by Gasteiger charge is 2.38. The molecule has 0 aromatic carbocycles. The second-order valence-electron chi connectivity index (χ2n) is 4.83. The molecule has 0 saturated heterocycles. The van der Waals surface area contributed by atoms with Crippen LogP contribution >= 0.6 is 28.3 Å². The summed E-state index contributed by atoms with van der Waals surface area (Å²) in [5, 5.41) is 3.92. The molecular formula is C12H14BrClN4O2. The van der Waals surface area contributed by atoms with Crippen LogP contribution in [0.4, 0.5) is 0 Å². The van der Waals surface area contributed by atoms with Crippen molar-refractivity contribution in [1.29, 1.82) is 0 Å². The average Bonchev–Trinajstić information content (AvgIpc) is 2.80. The van der Waals surface area contributed by atoms with Crippen LogP contribution in [0.1, 0.15) is 31.0 Å². The number of halogens is 2. The van der Waals surface area contributed by atoms with Crippen molar-refractivity contribution in [2.75, 3.05) is 0 Å². The highest BCUT2D eigenvalue weighted by atomic mass is 79.9. The van der Waals surface area contributed by atoms with Gasteiger partial charge in [-0.3, -0.25) is 4.79 Å². The van der Waals surface area contributed by atoms with E-state index in [1.54, 1.807) is 12.3 Å². The molecule has 1 fully saturated rings. The Labute approximate surface area is 129 Å². The quantitative estimate of drug-likeness (QED) is 0.901. The van der Waals surface area contributed by atoms with Gasteiger partial charge in [0.05, 0.1) is 5.54 Å². The molecule has 0 unspecified atom stereocenters. The normalized spacial score (nSPS) is 16.3. The van der Waals surface area contributed by atoms with Crippen LogP contribution < -0.4 is 11.3 Å². The van der Waals surface area contributed by atoms with Gasteiger partial charge in [0.15, 0.2) is 5.82 Å². The highest BCUT2D eigenvalue weighted by molar-refractivity contribution is 9.10. The molecule has 1 aliphatic carbocycles. The minimum atomic E-state index is -0.440. The second kappa shape index (κ2) is 5.67. The van der Waals surface area contributed by atoms with Crippen LogP contribution in [-0.4, -0.2) is 14.7 Å². The smallest absolute Gasteiger partial charge is 0.251 e. The van der Waals surface area contributed by atoms with Crippen molar-refractivity contribution < 1.29 is 4.52 Å². The van der Waals surface area contributed by atoms with Gasteiger partial charge < -0.3 is 14.8 Å². The van der Waals surface area contributed by atoms with Crippen LogP contribution in [0.25, 0.3) is 0 Å². The highest BCUT2D eigenvalue weighted by Crippen LogP contribution is 2.36. The number of pyridine rings is 1. The van der Waals surface area contributed by atoms with Crippen molar-refractivity contribution in [3.05, 3.63) is 44.9 Å². The van der Waals surface area contributed by atoms with Gasteiger partial charge in [-0.1, -0.05) is 5.16 Å². The van der Waals surface area contributed by atoms with Gasteiger partial charge in [0.1, 0.15) is 6.54 Å². The topological polar surface area (TPSA) is 86.9 Å². The Kier molecular flexibility index (Phi) is 4.31. The number of nitrogens with two attached hydrogens (primary N) is 1. The summed E-state index contributed by atoms with van der Waals surface area (Å²) in [6.45, 7) is 0.251. The van der Waals surface area contributed by atoms with Crippen molar-refractivity contribution in [1.82, 2.24) is 14.7 Å². The lowest BCUT2D eigenvalue weighted by Crippen LogP contribution is -2.44. The summed E-state index contributed by atoms with van der Waals surface area (Å²) < 4.78 is 7.50. The number of hydrogen-bond donors (Lipinski definition) is 1. The molecule has 20 heavy (non-hydrogen) atoms. The van der Waals surface area contributed by atoms with Crippen LogP contribution in [0.5, 0.6) is 0 Å². The SMILES string of the molecule is Cl.NC1(c2noc(Cn3cc(Br)ccc3=O)n2)CCC1. The van der Waals surface area contributed by atoms with E-state index in [1.165, 1.54) is 10.6 Å². The molecule has 3 rings (SSSR count). The lowest BCUT2D eigenvalue weighted by molar-refractivity contribution is 0.228. The third-order valence-electron chi connectivity index (χ3n) is 3.41. The first-order valence-corrected chi connectivity index (χ1v) is 6.84. The summed E-state index contributed by atoms with van der Waals surface area (Å²) in [5.41, 5.74) is 5.57. The summed E-state index contributed by atoms with van der Waals surface area (Å²) >= 11 is 3.32. The molecule has 1 aliphatic rings. The monoisotopic (exact) mass is 360 g/mol. The van der Waals surface area contributed by atoms with Gasteiger partial charge in [-0.25, -0.2) is 0 Å². The molecule has 0 radical (unpaired) electrons. The first kappa shape index (κ1) is 15.2. The van der Waals surface area contributed by atoms with Crippen molar-refractivity contribution in [2.45, 2.75) is 31.3 Å². The zero-order valence-electron chi connectivity index (χ0n) is 10.6. The van der Waals surface area contributed by atoms with E-state index in [2.05, 4.69) is 26.1 Å². The van der Waals surface area contributed by atoms with Gasteiger partial charge in [-0.15, -0.1) is 12.4 Å². The molecule has 108 valence electrons. The molecule has 6 nitrogen and oxygen atoms in total. The summed E-state index contributed by atoms with van der Waals surface area (Å²) in [5.74, 6) is 0.934. The summed E-state index contributed by atoms with van der Waals surface area (Å²) in [7, 11) is 0. The Hall–Kier alpha value is -1.18. The molecule has 2 aromatic heterocycles. The van der Waals surface area contributed by atoms with E-state index in [-0.39, 0.29) is 24.5 Å². The van der Waals surface area contributed by atoms with Crippen molar-refractivity contribution in [3.8, 4) is 0 Å². The van der Waals surface area contributed by atoms with Crippen LogP contribution in [0.15, 0.2) is 32.1 Å². The number of nitrogens with zero attached hydrogens (tertiary/aromatic N) is 3. The van der Waals surface area contributed by atoms with Crippen LogP contribution in [0, 0.1) is 0 Å². The zero-order chi connectivity index (χ0) is 13.5. The first-order valence-electron chi connectivity index (χ1n) is 6.05. The van der Waals surface area contributed by atoms with Crippen LogP contribution in [0.3, 0.4) is 0 Å². The van der Waals surface area contributed by atoms with E-state index in [0.29, 0.717) is 11.7 Å². The standard InChI is InChI=1S/C12H13BrN4O2.ClH/c13-8-2-3-10(18)17(6-8)7-9-15-11(16-19-9)12(14)4-1-5-12;/h2-3,6H,1,4-5,7,14H2;1H. The molecule has 0 atom stereocenters. The van der Waals surface area contributed by atoms with E-state index >= 15 is 0 Å². The van der Waals surface area contributed by atoms with Crippen molar-refractivity contribution >= 4 is 28.3 Å². The second-order valence-corrected chi connectivity index (χ2v) is 5.75. The predicted molar refractivity (Wildman–Crippen MR) is 78.8 cm³/mol. The summed E-state index contributed by atoms with van der Waals surface area (Å²) in [4.78, 5) is 16.0. The van der Waals surface area contributed by atoms with Gasteiger partial charge in [-0.2, -0.15) is 4.98 Å². The molecule has 0 amide bonds. The maximum atomic E-state index is 11.7. The fourth-order valence-corrected chi connectivity index (χ4v) is 2.45. The maximum absolute atomic E-state index is 11.7. The van der Waals surface area contributed by atoms with E-state index in [9.17, 15) is 4.79 Å². The predicted octanol–water partition coefficient (Wildman–Crippen LogP) is 1.80. The third kappa shape index (κ3) is 2.79. The lowest BCUT2D eigenvalue weighted by Gasteiger charge is -2.34. The molecule has 0 aliphatic heterocycles. The van der Waals surface area contributed by atoms with Gasteiger partial charge in [0.25, 0.3) is 5.56 Å². The molecule has 0 bridgehead atoms. The lowest BCUT2D eigenvalue weighted by atomic mass is 9.77. The number of aromatic nitrogens is 3.